The Balaban J connectivity index is 1.30. The number of sulfone groups is 1. The van der Waals surface area contributed by atoms with Crippen LogP contribution < -0.4 is 9.64 Å². The van der Waals surface area contributed by atoms with Gasteiger partial charge in [-0.2, -0.15) is 4.98 Å². The van der Waals surface area contributed by atoms with Gasteiger partial charge in [-0.15, -0.1) is 0 Å². The molecule has 9 nitrogen and oxygen atoms in total. The summed E-state index contributed by atoms with van der Waals surface area (Å²) in [4.78, 5) is 16.7. The molecule has 0 unspecified atom stereocenters. The number of hydrogen-bond acceptors (Lipinski definition) is 10. The van der Waals surface area contributed by atoms with E-state index in [1.807, 2.05) is 43.2 Å². The number of anilines is 1. The van der Waals surface area contributed by atoms with Gasteiger partial charge in [-0.3, -0.25) is 0 Å². The summed E-state index contributed by atoms with van der Waals surface area (Å²) in [5, 5.41) is 4.82. The molecule has 4 aromatic rings. The number of thiazole rings is 1. The van der Waals surface area contributed by atoms with Crippen molar-refractivity contribution < 1.29 is 17.7 Å². The van der Waals surface area contributed by atoms with E-state index in [0.717, 1.165) is 21.1 Å². The molecule has 11 heteroatoms. The van der Waals surface area contributed by atoms with Crippen LogP contribution in [0.2, 0.25) is 0 Å². The van der Waals surface area contributed by atoms with Crippen LogP contribution >= 0.6 is 11.3 Å². The molecule has 0 saturated heterocycles. The molecule has 0 spiro atoms. The van der Waals surface area contributed by atoms with Gasteiger partial charge >= 0.3 is 0 Å². The van der Waals surface area contributed by atoms with E-state index in [0.29, 0.717) is 29.9 Å². The van der Waals surface area contributed by atoms with E-state index in [9.17, 15) is 8.42 Å². The van der Waals surface area contributed by atoms with Gasteiger partial charge in [-0.1, -0.05) is 36.4 Å². The molecule has 1 aliphatic heterocycles. The summed E-state index contributed by atoms with van der Waals surface area (Å²) in [6.07, 6.45) is 7.05. The molecule has 5 rings (SSSR count). The van der Waals surface area contributed by atoms with Crippen LogP contribution in [0, 0.1) is 0 Å². The first-order valence-electron chi connectivity index (χ1n) is 10.5. The van der Waals surface area contributed by atoms with Crippen LogP contribution in [0.3, 0.4) is 0 Å². The van der Waals surface area contributed by atoms with Gasteiger partial charge in [0.1, 0.15) is 16.1 Å². The summed E-state index contributed by atoms with van der Waals surface area (Å²) in [7, 11) is -3.25. The molecule has 4 heterocycles. The third kappa shape index (κ3) is 4.57. The van der Waals surface area contributed by atoms with Crippen molar-refractivity contribution in [3.8, 4) is 11.6 Å². The zero-order chi connectivity index (χ0) is 23.9. The Labute approximate surface area is 200 Å². The van der Waals surface area contributed by atoms with E-state index < -0.39 is 9.84 Å². The number of ether oxygens (including phenoxy) is 1. The quantitative estimate of drug-likeness (QED) is 0.372. The maximum atomic E-state index is 11.6. The van der Waals surface area contributed by atoms with Crippen molar-refractivity contribution in [3.63, 3.8) is 0 Å². The van der Waals surface area contributed by atoms with Crippen LogP contribution in [0.15, 0.2) is 64.2 Å². The van der Waals surface area contributed by atoms with Gasteiger partial charge < -0.3 is 14.2 Å². The van der Waals surface area contributed by atoms with E-state index >= 15 is 0 Å². The van der Waals surface area contributed by atoms with Crippen LogP contribution in [-0.4, -0.2) is 41.3 Å². The molecule has 0 saturated carbocycles. The molecule has 0 amide bonds. The lowest BCUT2D eigenvalue weighted by atomic mass is 10.2. The molecular formula is C23H21N5O4S2. The zero-order valence-corrected chi connectivity index (χ0v) is 20.3. The first kappa shape index (κ1) is 22.2. The molecule has 34 heavy (non-hydrogen) atoms. The molecule has 0 atom stereocenters. The lowest BCUT2D eigenvalue weighted by Crippen LogP contribution is -2.18. The third-order valence-electron chi connectivity index (χ3n) is 5.09. The van der Waals surface area contributed by atoms with Crippen LogP contribution in [-0.2, 0) is 9.84 Å². The first-order chi connectivity index (χ1) is 16.3. The fourth-order valence-corrected chi connectivity index (χ4v) is 4.78. The molecule has 0 fully saturated rings. The molecule has 0 bridgehead atoms. The topological polar surface area (TPSA) is 111 Å². The highest BCUT2D eigenvalue weighted by Gasteiger charge is 2.18. The summed E-state index contributed by atoms with van der Waals surface area (Å²) >= 11 is 1.45. The maximum Gasteiger partial charge on any atom is 0.257 e. The molecule has 0 radical (unpaired) electrons. The minimum Gasteiger partial charge on any atom is -0.439 e. The van der Waals surface area contributed by atoms with E-state index in [4.69, 9.17) is 9.26 Å². The fourth-order valence-electron chi connectivity index (χ4n) is 3.23. The Bertz CT molecular complexity index is 1520. The molecule has 0 aliphatic carbocycles. The number of fused-ring (bicyclic) bond motifs is 1. The van der Waals surface area contributed by atoms with Crippen molar-refractivity contribution in [2.45, 2.75) is 24.7 Å². The average molecular weight is 496 g/mol. The van der Waals surface area contributed by atoms with E-state index in [1.165, 1.54) is 29.7 Å². The summed E-state index contributed by atoms with van der Waals surface area (Å²) in [6, 6.07) is 9.82. The predicted octanol–water partition coefficient (Wildman–Crippen LogP) is 4.81. The van der Waals surface area contributed by atoms with Crippen LogP contribution in [0.5, 0.6) is 11.6 Å². The van der Waals surface area contributed by atoms with Gasteiger partial charge in [-0.25, -0.2) is 18.4 Å². The molecular weight excluding hydrogens is 474 g/mol. The van der Waals surface area contributed by atoms with Gasteiger partial charge in [0.15, 0.2) is 20.8 Å². The van der Waals surface area contributed by atoms with Gasteiger partial charge in [0.25, 0.3) is 5.89 Å². The Morgan fingerprint density at radius 3 is 2.53 bits per heavy atom. The Hall–Kier alpha value is -3.57. The van der Waals surface area contributed by atoms with E-state index in [1.54, 1.807) is 18.2 Å². The zero-order valence-electron chi connectivity index (χ0n) is 18.7. The summed E-state index contributed by atoms with van der Waals surface area (Å²) in [5.74, 6) is 2.31. The number of aromatic nitrogens is 4. The number of allylic oxidation sites excluding steroid dienone is 2. The van der Waals surface area contributed by atoms with Crippen LogP contribution in [0.4, 0.5) is 5.13 Å². The van der Waals surface area contributed by atoms with Crippen molar-refractivity contribution >= 4 is 42.2 Å². The normalized spacial score (nSPS) is 14.1. The standard InChI is InChI=1S/C23H21N5O4S2/c1-14(2)20-26-21(32-27-20)15-10-12-28(13-11-15)23-24-18-8-9-19(25-22(18)33-23)31-16-4-6-17(7-5-16)34(3,29)30/h4-12,14H,13H2,1-3H3. The summed E-state index contributed by atoms with van der Waals surface area (Å²) in [5.41, 5.74) is 1.65. The lowest BCUT2D eigenvalue weighted by Gasteiger charge is -2.18. The molecule has 174 valence electrons. The molecule has 1 aromatic carbocycles. The molecule has 1 aliphatic rings. The van der Waals surface area contributed by atoms with Gasteiger partial charge in [0.2, 0.25) is 5.88 Å². The molecule has 0 N–H and O–H groups in total. The van der Waals surface area contributed by atoms with Crippen molar-refractivity contribution in [2.75, 3.05) is 17.7 Å². The van der Waals surface area contributed by atoms with Crippen molar-refractivity contribution in [1.82, 2.24) is 20.1 Å². The highest BCUT2D eigenvalue weighted by molar-refractivity contribution is 7.90. The average Bonchev–Trinajstić information content (AvgIpc) is 3.46. The van der Waals surface area contributed by atoms with Crippen molar-refractivity contribution in [2.24, 2.45) is 0 Å². The van der Waals surface area contributed by atoms with Crippen LogP contribution in [0.1, 0.15) is 31.5 Å². The largest absolute Gasteiger partial charge is 0.439 e. The number of nitrogens with zero attached hydrogens (tertiary/aromatic N) is 5. The number of hydrogen-bond donors (Lipinski definition) is 0. The first-order valence-corrected chi connectivity index (χ1v) is 13.2. The highest BCUT2D eigenvalue weighted by Crippen LogP contribution is 2.32. The second kappa shape index (κ2) is 8.65. The van der Waals surface area contributed by atoms with Crippen molar-refractivity contribution in [1.29, 1.82) is 0 Å². The monoisotopic (exact) mass is 495 g/mol. The fraction of sp³-hybridized carbons (Fsp3) is 0.217. The van der Waals surface area contributed by atoms with Gasteiger partial charge in [0.05, 0.1) is 4.90 Å². The van der Waals surface area contributed by atoms with E-state index in [-0.39, 0.29) is 10.8 Å². The third-order valence-corrected chi connectivity index (χ3v) is 7.22. The maximum absolute atomic E-state index is 11.6. The smallest absolute Gasteiger partial charge is 0.257 e. The second-order valence-corrected chi connectivity index (χ2v) is 11.0. The molecule has 3 aromatic heterocycles. The number of pyridine rings is 1. The Morgan fingerprint density at radius 2 is 1.88 bits per heavy atom. The van der Waals surface area contributed by atoms with Gasteiger partial charge in [-0.05, 0) is 36.4 Å². The Kier molecular flexibility index (Phi) is 5.66. The van der Waals surface area contributed by atoms with Crippen molar-refractivity contribution in [3.05, 3.63) is 66.5 Å². The predicted molar refractivity (Wildman–Crippen MR) is 130 cm³/mol. The number of benzene rings is 1. The minimum atomic E-state index is -3.25. The minimum absolute atomic E-state index is 0.207. The van der Waals surface area contributed by atoms with E-state index in [2.05, 4.69) is 20.1 Å². The van der Waals surface area contributed by atoms with Crippen LogP contribution in [0.25, 0.3) is 15.9 Å². The lowest BCUT2D eigenvalue weighted by molar-refractivity contribution is 0.398. The summed E-state index contributed by atoms with van der Waals surface area (Å²) in [6.45, 7) is 4.66. The SMILES string of the molecule is CC(C)c1noc(C2=CCN(c3nc4ccc(Oc5ccc(S(C)(=O)=O)cc5)nc4s3)C=C2)n1. The number of rotatable bonds is 6. The summed E-state index contributed by atoms with van der Waals surface area (Å²) < 4.78 is 34.4. The van der Waals surface area contributed by atoms with Gasteiger partial charge in [0, 0.05) is 36.6 Å². The highest BCUT2D eigenvalue weighted by atomic mass is 32.2. The Morgan fingerprint density at radius 1 is 1.09 bits per heavy atom. The second-order valence-electron chi connectivity index (χ2n) is 8.06.